The molecule has 0 rings (SSSR count). The van der Waals surface area contributed by atoms with E-state index in [9.17, 15) is 9.59 Å². The molecule has 1 radical (unpaired) electrons. The van der Waals surface area contributed by atoms with Crippen LogP contribution >= 0.6 is 0 Å². The Labute approximate surface area is 72.5 Å². The van der Waals surface area contributed by atoms with Crippen LogP contribution in [-0.2, 0) is 9.53 Å². The van der Waals surface area contributed by atoms with Gasteiger partial charge in [-0.15, -0.1) is 0 Å². The summed E-state index contributed by atoms with van der Waals surface area (Å²) in [7, 11) is 0. The number of carbonyl (C=O) groups is 1. The number of carbonyl (C=O) groups excluding carboxylic acids is 2. The molecule has 0 aliphatic carbocycles. The van der Waals surface area contributed by atoms with Gasteiger partial charge in [-0.2, -0.15) is 0 Å². The number of hydrogen-bond acceptors (Lipinski definition) is 3. The van der Waals surface area contributed by atoms with E-state index in [-0.39, 0.29) is 12.5 Å². The van der Waals surface area contributed by atoms with E-state index in [4.69, 9.17) is 0 Å². The highest BCUT2D eigenvalue weighted by atomic mass is 16.6. The van der Waals surface area contributed by atoms with E-state index in [1.165, 1.54) is 6.41 Å². The van der Waals surface area contributed by atoms with Crippen molar-refractivity contribution in [1.82, 2.24) is 4.90 Å². The van der Waals surface area contributed by atoms with Crippen molar-refractivity contribution in [2.75, 3.05) is 13.2 Å². The maximum Gasteiger partial charge on any atom is 0.416 e. The summed E-state index contributed by atoms with van der Waals surface area (Å²) in [6.07, 6.45) is 0.903. The van der Waals surface area contributed by atoms with Crippen LogP contribution in [0.15, 0.2) is 0 Å². The normalized spacial score (nSPS) is 9.67. The molecule has 4 nitrogen and oxygen atoms in total. The number of amides is 2. The molecular weight excluding hydrogens is 158 g/mol. The number of hydrogen-bond donors (Lipinski definition) is 0. The Morgan fingerprint density at radius 2 is 2.17 bits per heavy atom. The minimum atomic E-state index is -0.624. The van der Waals surface area contributed by atoms with Crippen molar-refractivity contribution in [3.8, 4) is 0 Å². The molecule has 0 heterocycles. The second-order valence-electron chi connectivity index (χ2n) is 2.79. The molecule has 0 unspecified atom stereocenters. The topological polar surface area (TPSA) is 46.6 Å². The van der Waals surface area contributed by atoms with Crippen molar-refractivity contribution < 1.29 is 14.3 Å². The Bertz CT molecular complexity index is 156. The maximum absolute atomic E-state index is 11.0. The number of imide groups is 1. The molecule has 0 aliphatic heterocycles. The summed E-state index contributed by atoms with van der Waals surface area (Å²) in [6, 6.07) is 0. The van der Waals surface area contributed by atoms with Gasteiger partial charge in [0.15, 0.2) is 0 Å². The summed E-state index contributed by atoms with van der Waals surface area (Å²) in [5.74, 6) is 0.232. The first-order valence-electron chi connectivity index (χ1n) is 3.93. The molecule has 0 saturated carbocycles. The van der Waals surface area contributed by atoms with E-state index in [1.807, 2.05) is 13.8 Å². The van der Waals surface area contributed by atoms with E-state index in [0.29, 0.717) is 6.54 Å². The fourth-order valence-electron chi connectivity index (χ4n) is 0.716. The smallest absolute Gasteiger partial charge is 0.416 e. The van der Waals surface area contributed by atoms with Crippen molar-refractivity contribution >= 4 is 12.5 Å². The van der Waals surface area contributed by atoms with Crippen LogP contribution in [0.4, 0.5) is 4.79 Å². The van der Waals surface area contributed by atoms with Crippen LogP contribution in [0.25, 0.3) is 0 Å². The summed E-state index contributed by atoms with van der Waals surface area (Å²) >= 11 is 0. The second kappa shape index (κ2) is 5.57. The molecule has 12 heavy (non-hydrogen) atoms. The molecule has 0 N–H and O–H groups in total. The molecule has 0 atom stereocenters. The van der Waals surface area contributed by atoms with Gasteiger partial charge in [0.2, 0.25) is 0 Å². The van der Waals surface area contributed by atoms with Gasteiger partial charge in [-0.3, -0.25) is 4.79 Å². The minimum absolute atomic E-state index is 0.232. The molecule has 0 spiro atoms. The zero-order chi connectivity index (χ0) is 9.56. The zero-order valence-corrected chi connectivity index (χ0v) is 7.66. The van der Waals surface area contributed by atoms with E-state index in [1.54, 1.807) is 6.92 Å². The predicted octanol–water partition coefficient (Wildman–Crippen LogP) is 1.17. The Kier molecular flexibility index (Phi) is 5.08. The highest BCUT2D eigenvalue weighted by Gasteiger charge is 2.15. The summed E-state index contributed by atoms with van der Waals surface area (Å²) in [4.78, 5) is 22.1. The highest BCUT2D eigenvalue weighted by molar-refractivity contribution is 5.80. The highest BCUT2D eigenvalue weighted by Crippen LogP contribution is 1.98. The lowest BCUT2D eigenvalue weighted by Crippen LogP contribution is -2.33. The SMILES string of the molecule is CCOC(=O)N([C]=O)CC(C)C. The third-order valence-corrected chi connectivity index (χ3v) is 1.15. The van der Waals surface area contributed by atoms with Crippen LogP contribution in [-0.4, -0.2) is 30.6 Å². The third-order valence-electron chi connectivity index (χ3n) is 1.15. The third kappa shape index (κ3) is 3.95. The first-order valence-corrected chi connectivity index (χ1v) is 3.93. The quantitative estimate of drug-likeness (QED) is 0.598. The van der Waals surface area contributed by atoms with Crippen LogP contribution in [0, 0.1) is 5.92 Å². The monoisotopic (exact) mass is 172 g/mol. The van der Waals surface area contributed by atoms with Crippen molar-refractivity contribution in [2.24, 2.45) is 5.92 Å². The van der Waals surface area contributed by atoms with Crippen LogP contribution < -0.4 is 0 Å². The molecule has 0 fully saturated rings. The Balaban J connectivity index is 3.96. The lowest BCUT2D eigenvalue weighted by molar-refractivity contribution is 0.124. The largest absolute Gasteiger partial charge is 0.449 e. The fraction of sp³-hybridized carbons (Fsp3) is 0.750. The van der Waals surface area contributed by atoms with Gasteiger partial charge in [-0.25, -0.2) is 9.69 Å². The summed E-state index contributed by atoms with van der Waals surface area (Å²) in [6.45, 7) is 6.13. The second-order valence-corrected chi connectivity index (χ2v) is 2.79. The number of rotatable bonds is 4. The van der Waals surface area contributed by atoms with Crippen molar-refractivity contribution in [1.29, 1.82) is 0 Å². The molecule has 2 amide bonds. The van der Waals surface area contributed by atoms with Gasteiger partial charge < -0.3 is 4.74 Å². The van der Waals surface area contributed by atoms with Gasteiger partial charge in [0.25, 0.3) is 0 Å². The van der Waals surface area contributed by atoms with Gasteiger partial charge in [-0.05, 0) is 12.8 Å². The van der Waals surface area contributed by atoms with Crippen LogP contribution in [0.5, 0.6) is 0 Å². The minimum Gasteiger partial charge on any atom is -0.449 e. The first kappa shape index (κ1) is 10.9. The van der Waals surface area contributed by atoms with Gasteiger partial charge in [-0.1, -0.05) is 13.8 Å². The van der Waals surface area contributed by atoms with Crippen molar-refractivity contribution in [2.45, 2.75) is 20.8 Å². The lowest BCUT2D eigenvalue weighted by atomic mass is 10.2. The van der Waals surface area contributed by atoms with Crippen molar-refractivity contribution in [3.63, 3.8) is 0 Å². The zero-order valence-electron chi connectivity index (χ0n) is 7.66. The Hall–Kier alpha value is -1.06. The van der Waals surface area contributed by atoms with Crippen LogP contribution in [0.2, 0.25) is 0 Å². The van der Waals surface area contributed by atoms with E-state index in [2.05, 4.69) is 4.74 Å². The summed E-state index contributed by atoms with van der Waals surface area (Å²) in [5.41, 5.74) is 0. The molecule has 0 aliphatic rings. The molecular formula is C8H14NO3. The van der Waals surface area contributed by atoms with Crippen molar-refractivity contribution in [3.05, 3.63) is 0 Å². The molecule has 69 valence electrons. The average Bonchev–Trinajstić information content (AvgIpc) is 2.00. The Morgan fingerprint density at radius 3 is 2.50 bits per heavy atom. The number of ether oxygens (including phenoxy) is 1. The van der Waals surface area contributed by atoms with Gasteiger partial charge in [0.05, 0.1) is 6.61 Å². The molecule has 0 aromatic carbocycles. The lowest BCUT2D eigenvalue weighted by Gasteiger charge is -2.15. The molecule has 0 aromatic heterocycles. The van der Waals surface area contributed by atoms with E-state index >= 15 is 0 Å². The molecule has 0 saturated heterocycles. The predicted molar refractivity (Wildman–Crippen MR) is 44.3 cm³/mol. The summed E-state index contributed by atoms with van der Waals surface area (Å²) < 4.78 is 4.62. The molecule has 4 heteroatoms. The maximum atomic E-state index is 11.0. The Morgan fingerprint density at radius 1 is 1.58 bits per heavy atom. The summed E-state index contributed by atoms with van der Waals surface area (Å²) in [5, 5.41) is 0. The van der Waals surface area contributed by atoms with E-state index < -0.39 is 6.09 Å². The van der Waals surface area contributed by atoms with Gasteiger partial charge in [0.1, 0.15) is 0 Å². The standard InChI is InChI=1S/C8H14NO3/c1-4-12-8(11)9(6-10)5-7(2)3/h7H,4-5H2,1-3H3. The van der Waals surface area contributed by atoms with Crippen LogP contribution in [0.3, 0.4) is 0 Å². The molecule has 0 bridgehead atoms. The molecule has 0 aromatic rings. The number of nitrogens with zero attached hydrogens (tertiary/aromatic N) is 1. The van der Waals surface area contributed by atoms with E-state index in [0.717, 1.165) is 4.90 Å². The first-order chi connectivity index (χ1) is 5.61. The van der Waals surface area contributed by atoms with Gasteiger partial charge in [0, 0.05) is 6.54 Å². The van der Waals surface area contributed by atoms with Gasteiger partial charge >= 0.3 is 12.5 Å². The fourth-order valence-corrected chi connectivity index (χ4v) is 0.716. The average molecular weight is 172 g/mol. The van der Waals surface area contributed by atoms with Crippen LogP contribution in [0.1, 0.15) is 20.8 Å².